The van der Waals surface area contributed by atoms with Gasteiger partial charge in [-0.1, -0.05) is 40.6 Å². The zero-order valence-electron chi connectivity index (χ0n) is 17.2. The van der Waals surface area contributed by atoms with E-state index in [1.165, 1.54) is 22.7 Å². The van der Waals surface area contributed by atoms with E-state index in [9.17, 15) is 0 Å². The molecular weight excluding hydrogens is 491 g/mol. The molecule has 0 saturated heterocycles. The maximum atomic E-state index is 6.19. The molecule has 0 atom stereocenters. The van der Waals surface area contributed by atoms with Crippen molar-refractivity contribution in [2.24, 2.45) is 0 Å². The number of aromatic nitrogens is 2. The van der Waals surface area contributed by atoms with Crippen LogP contribution in [-0.4, -0.2) is 31.3 Å². The predicted molar refractivity (Wildman–Crippen MR) is 132 cm³/mol. The molecule has 4 aromatic rings. The van der Waals surface area contributed by atoms with E-state index in [4.69, 9.17) is 48.1 Å². The van der Waals surface area contributed by atoms with E-state index in [1.54, 1.807) is 45.6 Å². The summed E-state index contributed by atoms with van der Waals surface area (Å²) in [5, 5.41) is 7.54. The van der Waals surface area contributed by atoms with Gasteiger partial charge in [0.15, 0.2) is 16.6 Å². The molecule has 2 heterocycles. The first-order valence-electron chi connectivity index (χ1n) is 9.18. The van der Waals surface area contributed by atoms with Crippen LogP contribution in [-0.2, 0) is 0 Å². The number of hydrogen-bond acceptors (Lipinski definition) is 9. The fraction of sp³-hybridized carbons (Fsp3) is 0.143. The summed E-state index contributed by atoms with van der Waals surface area (Å²) in [6.45, 7) is 0. The molecule has 2 aromatic heterocycles. The van der Waals surface area contributed by atoms with E-state index < -0.39 is 0 Å². The lowest BCUT2D eigenvalue weighted by atomic mass is 10.2. The smallest absolute Gasteiger partial charge is 0.203 e. The standard InChI is InChI=1S/C21H18Cl2N4O3S2/c1-28-15-7-11(8-16(29-2)17(15)30-3)25-21-27-19(24)18(32-21)20-26-14(9-31-20)10-4-5-12(22)13(23)6-10/h4-9H,24H2,1-3H3,(H,25,27). The first-order chi connectivity index (χ1) is 15.4. The van der Waals surface area contributed by atoms with Crippen molar-refractivity contribution in [3.05, 3.63) is 45.8 Å². The Morgan fingerprint density at radius 1 is 0.938 bits per heavy atom. The predicted octanol–water partition coefficient (Wildman–Crippen LogP) is 6.59. The van der Waals surface area contributed by atoms with Gasteiger partial charge >= 0.3 is 0 Å². The normalized spacial score (nSPS) is 10.8. The van der Waals surface area contributed by atoms with Gasteiger partial charge < -0.3 is 25.3 Å². The van der Waals surface area contributed by atoms with Gasteiger partial charge in [0.25, 0.3) is 0 Å². The topological polar surface area (TPSA) is 91.5 Å². The molecule has 0 bridgehead atoms. The molecule has 166 valence electrons. The molecule has 0 aliphatic heterocycles. The van der Waals surface area contributed by atoms with Crippen LogP contribution in [0.2, 0.25) is 10.0 Å². The van der Waals surface area contributed by atoms with Gasteiger partial charge in [0, 0.05) is 28.8 Å². The van der Waals surface area contributed by atoms with Gasteiger partial charge in [0.2, 0.25) is 5.75 Å². The number of thiazole rings is 2. The van der Waals surface area contributed by atoms with Crippen molar-refractivity contribution in [1.82, 2.24) is 9.97 Å². The minimum absolute atomic E-state index is 0.389. The number of methoxy groups -OCH3 is 3. The molecule has 0 saturated carbocycles. The van der Waals surface area contributed by atoms with Gasteiger partial charge in [-0.3, -0.25) is 0 Å². The highest BCUT2D eigenvalue weighted by Gasteiger charge is 2.18. The number of ether oxygens (including phenoxy) is 3. The summed E-state index contributed by atoms with van der Waals surface area (Å²) >= 11 is 15.0. The number of rotatable bonds is 7. The molecule has 0 fully saturated rings. The molecule has 0 aliphatic rings. The zero-order valence-corrected chi connectivity index (χ0v) is 20.4. The van der Waals surface area contributed by atoms with Gasteiger partial charge in [-0.15, -0.1) is 11.3 Å². The molecule has 0 spiro atoms. The molecule has 0 amide bonds. The summed E-state index contributed by atoms with van der Waals surface area (Å²) < 4.78 is 16.2. The lowest BCUT2D eigenvalue weighted by Gasteiger charge is -2.14. The lowest BCUT2D eigenvalue weighted by molar-refractivity contribution is 0.324. The monoisotopic (exact) mass is 508 g/mol. The third-order valence-electron chi connectivity index (χ3n) is 4.48. The second-order valence-corrected chi connectivity index (χ2v) is 9.11. The molecule has 4 rings (SSSR count). The Balaban J connectivity index is 1.62. The van der Waals surface area contributed by atoms with Crippen LogP contribution in [0.25, 0.3) is 21.1 Å². The Kier molecular flexibility index (Phi) is 6.61. The maximum Gasteiger partial charge on any atom is 0.203 e. The van der Waals surface area contributed by atoms with Crippen LogP contribution in [0.5, 0.6) is 17.2 Å². The molecule has 3 N–H and O–H groups in total. The number of nitrogens with one attached hydrogen (secondary N) is 1. The fourth-order valence-electron chi connectivity index (χ4n) is 2.98. The minimum atomic E-state index is 0.389. The molecule has 11 heteroatoms. The molecule has 7 nitrogen and oxygen atoms in total. The second kappa shape index (κ2) is 9.41. The molecule has 32 heavy (non-hydrogen) atoms. The van der Waals surface area contributed by atoms with Gasteiger partial charge in [-0.05, 0) is 12.1 Å². The van der Waals surface area contributed by atoms with Crippen molar-refractivity contribution in [2.75, 3.05) is 32.4 Å². The average molecular weight is 509 g/mol. The summed E-state index contributed by atoms with van der Waals surface area (Å²) in [6.07, 6.45) is 0. The number of nitrogen functional groups attached to an aromatic ring is 1. The van der Waals surface area contributed by atoms with Crippen LogP contribution in [0.4, 0.5) is 16.6 Å². The fourth-order valence-corrected chi connectivity index (χ4v) is 5.11. The molecule has 0 unspecified atom stereocenters. The van der Waals surface area contributed by atoms with Crippen LogP contribution >= 0.6 is 45.9 Å². The molecule has 0 radical (unpaired) electrons. The largest absolute Gasteiger partial charge is 0.493 e. The van der Waals surface area contributed by atoms with Gasteiger partial charge in [-0.2, -0.15) is 0 Å². The van der Waals surface area contributed by atoms with E-state index in [2.05, 4.69) is 10.3 Å². The first-order valence-corrected chi connectivity index (χ1v) is 11.6. The highest BCUT2D eigenvalue weighted by Crippen LogP contribution is 2.43. The Morgan fingerprint density at radius 2 is 1.66 bits per heavy atom. The number of halogens is 2. The Morgan fingerprint density at radius 3 is 2.28 bits per heavy atom. The van der Waals surface area contributed by atoms with E-state index in [0.29, 0.717) is 38.2 Å². The summed E-state index contributed by atoms with van der Waals surface area (Å²) in [5.41, 5.74) is 8.58. The molecule has 0 aliphatic carbocycles. The molecular formula is C21H18Cl2N4O3S2. The van der Waals surface area contributed by atoms with Crippen LogP contribution in [0.3, 0.4) is 0 Å². The highest BCUT2D eigenvalue weighted by atomic mass is 35.5. The Labute approximate surface area is 202 Å². The summed E-state index contributed by atoms with van der Waals surface area (Å²) in [6, 6.07) is 9.00. The number of nitrogens with zero attached hydrogens (tertiary/aromatic N) is 2. The van der Waals surface area contributed by atoms with Crippen LogP contribution in [0, 0.1) is 0 Å². The number of nitrogens with two attached hydrogens (primary N) is 1. The Bertz CT molecular complexity index is 1250. The van der Waals surface area contributed by atoms with Gasteiger partial charge in [0.1, 0.15) is 15.7 Å². The Hall–Kier alpha value is -2.72. The maximum absolute atomic E-state index is 6.19. The van der Waals surface area contributed by atoms with Gasteiger partial charge in [0.05, 0.1) is 37.1 Å². The average Bonchev–Trinajstić information content (AvgIpc) is 3.41. The SMILES string of the molecule is COc1cc(Nc2nc(N)c(-c3nc(-c4ccc(Cl)c(Cl)c4)cs3)s2)cc(OC)c1OC. The third kappa shape index (κ3) is 4.42. The summed E-state index contributed by atoms with van der Waals surface area (Å²) in [4.78, 5) is 9.92. The highest BCUT2D eigenvalue weighted by molar-refractivity contribution is 7.23. The summed E-state index contributed by atoms with van der Waals surface area (Å²) in [5.74, 6) is 1.97. The van der Waals surface area contributed by atoms with Crippen molar-refractivity contribution in [3.63, 3.8) is 0 Å². The lowest BCUT2D eigenvalue weighted by Crippen LogP contribution is -1.97. The van der Waals surface area contributed by atoms with E-state index >= 15 is 0 Å². The van der Waals surface area contributed by atoms with Crippen LogP contribution in [0.1, 0.15) is 0 Å². The first kappa shape index (κ1) is 22.5. The van der Waals surface area contributed by atoms with Crippen molar-refractivity contribution < 1.29 is 14.2 Å². The molecule has 2 aromatic carbocycles. The van der Waals surface area contributed by atoms with E-state index in [1.807, 2.05) is 11.4 Å². The van der Waals surface area contributed by atoms with Crippen molar-refractivity contribution in [2.45, 2.75) is 0 Å². The van der Waals surface area contributed by atoms with Gasteiger partial charge in [-0.25, -0.2) is 9.97 Å². The number of hydrogen-bond donors (Lipinski definition) is 2. The quantitative estimate of drug-likeness (QED) is 0.290. The van der Waals surface area contributed by atoms with Crippen LogP contribution < -0.4 is 25.3 Å². The number of anilines is 3. The van der Waals surface area contributed by atoms with Crippen molar-refractivity contribution in [3.8, 4) is 38.4 Å². The minimum Gasteiger partial charge on any atom is -0.493 e. The summed E-state index contributed by atoms with van der Waals surface area (Å²) in [7, 11) is 4.69. The van der Waals surface area contributed by atoms with Crippen molar-refractivity contribution >= 4 is 62.5 Å². The number of benzene rings is 2. The van der Waals surface area contributed by atoms with E-state index in [0.717, 1.165) is 26.8 Å². The van der Waals surface area contributed by atoms with E-state index in [-0.39, 0.29) is 0 Å². The van der Waals surface area contributed by atoms with Crippen LogP contribution in [0.15, 0.2) is 35.7 Å². The second-order valence-electron chi connectivity index (χ2n) is 6.44. The van der Waals surface area contributed by atoms with Crippen molar-refractivity contribution in [1.29, 1.82) is 0 Å². The zero-order chi connectivity index (χ0) is 22.8. The third-order valence-corrected chi connectivity index (χ3v) is 7.20.